The third-order valence-corrected chi connectivity index (χ3v) is 2.71. The van der Waals surface area contributed by atoms with Gasteiger partial charge in [-0.05, 0) is 24.4 Å². The fraction of sp³-hybridized carbons (Fsp3) is 0. The maximum Gasteiger partial charge on any atom is 0.394 e. The van der Waals surface area contributed by atoms with Crippen molar-refractivity contribution in [3.63, 3.8) is 0 Å². The Hall–Kier alpha value is -4.05. The normalized spacial score (nSPS) is 10.5. The first kappa shape index (κ1) is 28.9. The largest absolute Gasteiger partial charge is 0.394 e. The summed E-state index contributed by atoms with van der Waals surface area (Å²) in [6, 6.07) is 2.56. The first-order valence-electron chi connectivity index (χ1n) is 7.77. The van der Waals surface area contributed by atoms with Crippen LogP contribution >= 0.6 is 24.4 Å². The van der Waals surface area contributed by atoms with E-state index in [0.29, 0.717) is 11.4 Å². The maximum atomic E-state index is 10.9. The molecule has 21 heteroatoms. The Labute approximate surface area is 193 Å². The van der Waals surface area contributed by atoms with Gasteiger partial charge in [0.1, 0.15) is 0 Å². The molecule has 2 aromatic heterocycles. The minimum atomic E-state index is -4.67. The van der Waals surface area contributed by atoms with E-state index in [1.165, 1.54) is 24.6 Å². The van der Waals surface area contributed by atoms with E-state index in [-0.39, 0.29) is 32.6 Å². The zero-order chi connectivity index (χ0) is 25.6. The lowest BCUT2D eigenvalue weighted by Crippen LogP contribution is -2.21. The summed E-state index contributed by atoms with van der Waals surface area (Å²) in [6.45, 7) is 0. The number of rotatable bonds is 4. The smallest absolute Gasteiger partial charge is 0.369 e. The second-order valence-electron chi connectivity index (χ2n) is 5.07. The topological polar surface area (TPSA) is 325 Å². The van der Waals surface area contributed by atoms with Gasteiger partial charge in [0.25, 0.3) is 11.1 Å². The summed E-state index contributed by atoms with van der Waals surface area (Å²) in [5.41, 5.74) is 20.3. The van der Waals surface area contributed by atoms with Gasteiger partial charge in [0.2, 0.25) is 11.9 Å². The van der Waals surface area contributed by atoms with Gasteiger partial charge in [0, 0.05) is 12.1 Å². The van der Waals surface area contributed by atoms with E-state index < -0.39 is 10.4 Å². The molecule has 0 atom stereocenters. The number of guanidine groups is 2. The van der Waals surface area contributed by atoms with E-state index in [4.69, 9.17) is 64.9 Å². The number of aromatic nitrogens is 4. The molecule has 0 fully saturated rings. The molecule has 0 radical (unpaired) electrons. The Morgan fingerprint density at radius 2 is 1.09 bits per heavy atom. The molecule has 0 aliphatic heterocycles. The molecule has 0 spiro atoms. The lowest BCUT2D eigenvalue weighted by Gasteiger charge is -1.90. The summed E-state index contributed by atoms with van der Waals surface area (Å²) >= 11 is 9.46. The number of hydrogen-bond acceptors (Lipinski definition) is 10. The van der Waals surface area contributed by atoms with Crippen molar-refractivity contribution in [1.29, 1.82) is 0 Å². The van der Waals surface area contributed by atoms with Gasteiger partial charge in [-0.1, -0.05) is 0 Å². The molecular formula is C12H18N12O6S3. The lowest BCUT2D eigenvalue weighted by molar-refractivity contribution is 0.381. The van der Waals surface area contributed by atoms with Crippen LogP contribution in [0.4, 0.5) is 0 Å². The maximum absolute atomic E-state index is 10.9. The molecular weight excluding hydrogens is 504 g/mol. The lowest BCUT2D eigenvalue weighted by atomic mass is 10.4. The Balaban J connectivity index is 0.000000517. The molecule has 14 N–H and O–H groups in total. The molecule has 33 heavy (non-hydrogen) atoms. The van der Waals surface area contributed by atoms with Gasteiger partial charge in [-0.2, -0.15) is 18.6 Å². The van der Waals surface area contributed by atoms with Gasteiger partial charge < -0.3 is 32.9 Å². The molecule has 0 bridgehead atoms. The van der Waals surface area contributed by atoms with Crippen LogP contribution in [-0.4, -0.2) is 61.8 Å². The first-order chi connectivity index (χ1) is 15.2. The van der Waals surface area contributed by atoms with Crippen molar-refractivity contribution in [2.24, 2.45) is 43.3 Å². The summed E-state index contributed by atoms with van der Waals surface area (Å²) in [7, 11) is -4.67. The van der Waals surface area contributed by atoms with E-state index in [1.807, 2.05) is 0 Å². The van der Waals surface area contributed by atoms with Crippen LogP contribution in [0.15, 0.2) is 42.1 Å². The fourth-order valence-corrected chi connectivity index (χ4v) is 1.87. The SMILES string of the molecule is NC(N)=N/N=C/c1cc(=O)[nH]c(=S)[nH]1.NC(N)=N/N=C/c1cc(=O)[nH]c(=S)[nH]1.O=S(=O)(O)O. The molecule has 0 saturated heterocycles. The van der Waals surface area contributed by atoms with Crippen LogP contribution in [0.5, 0.6) is 0 Å². The minimum Gasteiger partial charge on any atom is -0.369 e. The Kier molecular flexibility index (Phi) is 12.4. The van der Waals surface area contributed by atoms with Gasteiger partial charge in [0.05, 0.1) is 23.8 Å². The second kappa shape index (κ2) is 14.1. The monoisotopic (exact) mass is 522 g/mol. The Morgan fingerprint density at radius 1 is 0.788 bits per heavy atom. The number of nitrogens with zero attached hydrogens (tertiary/aromatic N) is 4. The third kappa shape index (κ3) is 18.4. The zero-order valence-corrected chi connectivity index (χ0v) is 18.6. The quantitative estimate of drug-likeness (QED) is 0.0650. The summed E-state index contributed by atoms with van der Waals surface area (Å²) in [5.74, 6) is -0.325. The van der Waals surface area contributed by atoms with Crippen LogP contribution in [0, 0.1) is 9.54 Å². The van der Waals surface area contributed by atoms with Gasteiger partial charge in [-0.3, -0.25) is 28.7 Å². The predicted molar refractivity (Wildman–Crippen MR) is 125 cm³/mol. The zero-order valence-electron chi connectivity index (χ0n) is 16.2. The molecule has 2 aromatic rings. The molecule has 2 heterocycles. The van der Waals surface area contributed by atoms with Crippen LogP contribution in [-0.2, 0) is 10.4 Å². The summed E-state index contributed by atoms with van der Waals surface area (Å²) in [4.78, 5) is 31.9. The Morgan fingerprint density at radius 3 is 1.33 bits per heavy atom. The molecule has 18 nitrogen and oxygen atoms in total. The predicted octanol–water partition coefficient (Wildman–Crippen LogP) is -2.57. The number of hydrogen-bond donors (Lipinski definition) is 10. The second-order valence-corrected chi connectivity index (χ2v) is 6.78. The molecule has 0 amide bonds. The molecule has 0 aliphatic rings. The van der Waals surface area contributed by atoms with Crippen LogP contribution in [0.3, 0.4) is 0 Å². The summed E-state index contributed by atoms with van der Waals surface area (Å²) < 4.78 is 32.0. The van der Waals surface area contributed by atoms with Crippen molar-refractivity contribution in [2.75, 3.05) is 0 Å². The number of nitrogens with one attached hydrogen (secondary N) is 4. The fourth-order valence-electron chi connectivity index (χ4n) is 1.43. The van der Waals surface area contributed by atoms with Crippen molar-refractivity contribution >= 4 is 59.2 Å². The van der Waals surface area contributed by atoms with Crippen molar-refractivity contribution in [1.82, 2.24) is 19.9 Å². The average molecular weight is 523 g/mol. The van der Waals surface area contributed by atoms with Crippen molar-refractivity contribution in [3.8, 4) is 0 Å². The average Bonchev–Trinajstić information content (AvgIpc) is 2.58. The van der Waals surface area contributed by atoms with Gasteiger partial charge in [-0.15, -0.1) is 10.2 Å². The van der Waals surface area contributed by atoms with Crippen molar-refractivity contribution in [3.05, 3.63) is 53.8 Å². The van der Waals surface area contributed by atoms with Crippen LogP contribution in [0.2, 0.25) is 0 Å². The van der Waals surface area contributed by atoms with Gasteiger partial charge >= 0.3 is 10.4 Å². The molecule has 0 unspecified atom stereocenters. The van der Waals surface area contributed by atoms with E-state index in [0.717, 1.165) is 0 Å². The highest BCUT2D eigenvalue weighted by Gasteiger charge is 1.90. The van der Waals surface area contributed by atoms with Crippen LogP contribution < -0.4 is 34.1 Å². The van der Waals surface area contributed by atoms with E-state index in [2.05, 4.69) is 40.3 Å². The molecule has 2 rings (SSSR count). The number of H-pyrrole nitrogens is 4. The van der Waals surface area contributed by atoms with E-state index in [9.17, 15) is 9.59 Å². The molecule has 0 aliphatic carbocycles. The van der Waals surface area contributed by atoms with Crippen LogP contribution in [0.1, 0.15) is 11.4 Å². The molecule has 0 aromatic carbocycles. The molecule has 180 valence electrons. The highest BCUT2D eigenvalue weighted by Crippen LogP contribution is 1.85. The van der Waals surface area contributed by atoms with E-state index in [1.54, 1.807) is 0 Å². The third-order valence-electron chi connectivity index (χ3n) is 2.30. The number of aromatic amines is 4. The highest BCUT2D eigenvalue weighted by molar-refractivity contribution is 7.79. The standard InChI is InChI=1S/2C6H8N6OS.H2O4S/c2*7-5(8)12-9-2-3-1-4(13)11-6(14)10-3;1-5(2,3)4/h2*1-2H,(H4,7,8,12)(H2,10,11,13,14);(H2,1,2,3,4)/b2*9-2+;. The first-order valence-corrected chi connectivity index (χ1v) is 9.98. The highest BCUT2D eigenvalue weighted by atomic mass is 32.3. The molecule has 0 saturated carbocycles. The van der Waals surface area contributed by atoms with Crippen molar-refractivity contribution < 1.29 is 17.5 Å². The Bertz CT molecular complexity index is 1220. The minimum absolute atomic E-state index is 0.162. The number of nitrogens with two attached hydrogens (primary N) is 4. The van der Waals surface area contributed by atoms with Gasteiger partial charge in [0.15, 0.2) is 9.54 Å². The van der Waals surface area contributed by atoms with Gasteiger partial charge in [-0.25, -0.2) is 0 Å². The summed E-state index contributed by atoms with van der Waals surface area (Å²) in [6.07, 6.45) is 2.56. The van der Waals surface area contributed by atoms with Crippen LogP contribution in [0.25, 0.3) is 0 Å². The summed E-state index contributed by atoms with van der Waals surface area (Å²) in [5, 5.41) is 13.7. The van der Waals surface area contributed by atoms with Crippen molar-refractivity contribution in [2.45, 2.75) is 0 Å². The van der Waals surface area contributed by atoms with E-state index >= 15 is 0 Å².